The molecular formula is C24H21ClN4OS. The maximum absolute atomic E-state index is 13.0. The average molecular weight is 449 g/mol. The summed E-state index contributed by atoms with van der Waals surface area (Å²) in [6.45, 7) is 2.02. The third-order valence-corrected chi connectivity index (χ3v) is 6.21. The number of thioether (sulfide) groups is 1. The summed E-state index contributed by atoms with van der Waals surface area (Å²) in [6.07, 6.45) is 1.62. The minimum Gasteiger partial charge on any atom is -0.342 e. The van der Waals surface area contributed by atoms with Crippen molar-refractivity contribution < 1.29 is 4.79 Å². The van der Waals surface area contributed by atoms with Gasteiger partial charge >= 0.3 is 0 Å². The van der Waals surface area contributed by atoms with Crippen molar-refractivity contribution in [3.05, 3.63) is 107 Å². The van der Waals surface area contributed by atoms with Crippen molar-refractivity contribution in [1.29, 1.82) is 0 Å². The van der Waals surface area contributed by atoms with E-state index in [-0.39, 0.29) is 11.7 Å². The van der Waals surface area contributed by atoms with Gasteiger partial charge < -0.3 is 5.32 Å². The van der Waals surface area contributed by atoms with Crippen molar-refractivity contribution >= 4 is 29.3 Å². The predicted molar refractivity (Wildman–Crippen MR) is 125 cm³/mol. The molecule has 4 rings (SSSR count). The molecule has 0 saturated heterocycles. The number of hydrogen-bond acceptors (Lipinski definition) is 4. The molecule has 156 valence electrons. The number of carbonyl (C=O) groups is 1. The van der Waals surface area contributed by atoms with Crippen LogP contribution in [0.5, 0.6) is 0 Å². The van der Waals surface area contributed by atoms with Crippen LogP contribution in [0.25, 0.3) is 5.69 Å². The molecule has 4 aromatic rings. The Hall–Kier alpha value is -3.09. The van der Waals surface area contributed by atoms with E-state index in [0.29, 0.717) is 10.2 Å². The van der Waals surface area contributed by atoms with Crippen LogP contribution < -0.4 is 5.32 Å². The summed E-state index contributed by atoms with van der Waals surface area (Å²) in [5.74, 6) is 0.106. The molecule has 0 radical (unpaired) electrons. The number of amides is 1. The number of nitrogens with one attached hydrogen (secondary N) is 1. The van der Waals surface area contributed by atoms with E-state index in [9.17, 15) is 4.79 Å². The normalized spacial score (nSPS) is 11.3. The second kappa shape index (κ2) is 9.37. The summed E-state index contributed by atoms with van der Waals surface area (Å²) in [6, 6.07) is 27.4. The topological polar surface area (TPSA) is 59.8 Å². The van der Waals surface area contributed by atoms with Crippen molar-refractivity contribution in [2.45, 2.75) is 17.6 Å². The molecule has 31 heavy (non-hydrogen) atoms. The van der Waals surface area contributed by atoms with Gasteiger partial charge in [-0.15, -0.1) is 10.2 Å². The molecular weight excluding hydrogens is 428 g/mol. The molecule has 1 N–H and O–H groups in total. The molecule has 0 atom stereocenters. The maximum Gasteiger partial charge on any atom is 0.231 e. The van der Waals surface area contributed by atoms with Crippen LogP contribution in [-0.4, -0.2) is 26.4 Å². The van der Waals surface area contributed by atoms with Crippen LogP contribution in [0.4, 0.5) is 0 Å². The fourth-order valence-corrected chi connectivity index (χ4v) is 4.34. The first-order valence-electron chi connectivity index (χ1n) is 9.77. The highest BCUT2D eigenvalue weighted by molar-refractivity contribution is 7.99. The number of carbonyl (C=O) groups excluding carboxylic acids is 1. The van der Waals surface area contributed by atoms with Crippen LogP contribution in [-0.2, 0) is 10.3 Å². The molecule has 0 aliphatic heterocycles. The van der Waals surface area contributed by atoms with Gasteiger partial charge in [0.15, 0.2) is 5.16 Å². The quantitative estimate of drug-likeness (QED) is 0.400. The van der Waals surface area contributed by atoms with Gasteiger partial charge in [0.1, 0.15) is 6.33 Å². The van der Waals surface area contributed by atoms with Crippen molar-refractivity contribution in [2.75, 3.05) is 5.75 Å². The Morgan fingerprint density at radius 3 is 2.26 bits per heavy atom. The van der Waals surface area contributed by atoms with E-state index < -0.39 is 5.54 Å². The number of rotatable bonds is 7. The van der Waals surface area contributed by atoms with Crippen molar-refractivity contribution in [2.24, 2.45) is 0 Å². The zero-order valence-electron chi connectivity index (χ0n) is 16.9. The first-order valence-corrected chi connectivity index (χ1v) is 11.1. The number of halogens is 1. The molecule has 1 amide bonds. The number of aromatic nitrogens is 3. The largest absolute Gasteiger partial charge is 0.342 e. The lowest BCUT2D eigenvalue weighted by Gasteiger charge is -2.32. The molecule has 0 spiro atoms. The minimum absolute atomic E-state index is 0.0964. The Balaban J connectivity index is 1.52. The van der Waals surface area contributed by atoms with Gasteiger partial charge in [0.25, 0.3) is 0 Å². The van der Waals surface area contributed by atoms with E-state index in [1.54, 1.807) is 6.33 Å². The molecule has 0 unspecified atom stereocenters. The predicted octanol–water partition coefficient (Wildman–Crippen LogP) is 5.09. The first-order chi connectivity index (χ1) is 15.1. The van der Waals surface area contributed by atoms with Gasteiger partial charge in [-0.25, -0.2) is 0 Å². The van der Waals surface area contributed by atoms with E-state index in [4.69, 9.17) is 11.6 Å². The van der Waals surface area contributed by atoms with Crippen molar-refractivity contribution in [3.63, 3.8) is 0 Å². The first kappa shape index (κ1) is 21.2. The second-order valence-electron chi connectivity index (χ2n) is 7.16. The number of hydrogen-bond donors (Lipinski definition) is 1. The van der Waals surface area contributed by atoms with Crippen LogP contribution in [0.1, 0.15) is 18.1 Å². The smallest absolute Gasteiger partial charge is 0.231 e. The lowest BCUT2D eigenvalue weighted by atomic mass is 9.84. The van der Waals surface area contributed by atoms with Crippen molar-refractivity contribution in [1.82, 2.24) is 20.1 Å². The Morgan fingerprint density at radius 2 is 1.65 bits per heavy atom. The third kappa shape index (κ3) is 4.81. The Bertz CT molecular complexity index is 1120. The Morgan fingerprint density at radius 1 is 1.00 bits per heavy atom. The summed E-state index contributed by atoms with van der Waals surface area (Å²) < 4.78 is 1.82. The SMILES string of the molecule is CC(NC(=O)CSc1nncn1-c1cccc(Cl)c1)(c1ccccc1)c1ccccc1. The molecule has 0 saturated carbocycles. The van der Waals surface area contributed by atoms with E-state index in [1.165, 1.54) is 11.8 Å². The van der Waals surface area contributed by atoms with E-state index >= 15 is 0 Å². The maximum atomic E-state index is 13.0. The van der Waals surface area contributed by atoms with Gasteiger partial charge in [0.05, 0.1) is 17.0 Å². The second-order valence-corrected chi connectivity index (χ2v) is 8.54. The fraction of sp³-hybridized carbons (Fsp3) is 0.125. The highest BCUT2D eigenvalue weighted by Crippen LogP contribution is 2.29. The van der Waals surface area contributed by atoms with Crippen LogP contribution in [0.15, 0.2) is 96.4 Å². The highest BCUT2D eigenvalue weighted by Gasteiger charge is 2.30. The molecule has 0 fully saturated rings. The standard InChI is InChI=1S/C24H21ClN4OS/c1-24(18-9-4-2-5-10-18,19-11-6-3-7-12-19)27-22(30)16-31-23-28-26-17-29(23)21-14-8-13-20(25)15-21/h2-15,17H,16H2,1H3,(H,27,30). The summed E-state index contributed by atoms with van der Waals surface area (Å²) >= 11 is 7.43. The monoisotopic (exact) mass is 448 g/mol. The summed E-state index contributed by atoms with van der Waals surface area (Å²) in [5.41, 5.74) is 2.22. The zero-order chi connectivity index (χ0) is 21.7. The zero-order valence-corrected chi connectivity index (χ0v) is 18.5. The Kier molecular flexibility index (Phi) is 6.39. The highest BCUT2D eigenvalue weighted by atomic mass is 35.5. The molecule has 0 bridgehead atoms. The molecule has 5 nitrogen and oxygen atoms in total. The minimum atomic E-state index is -0.652. The number of nitrogens with zero attached hydrogens (tertiary/aromatic N) is 3. The van der Waals surface area contributed by atoms with Crippen LogP contribution in [0.3, 0.4) is 0 Å². The molecule has 0 aliphatic carbocycles. The van der Waals surface area contributed by atoms with Gasteiger partial charge in [-0.05, 0) is 36.2 Å². The summed E-state index contributed by atoms with van der Waals surface area (Å²) in [5, 5.41) is 12.6. The molecule has 7 heteroatoms. The molecule has 3 aromatic carbocycles. The van der Waals surface area contributed by atoms with Crippen molar-refractivity contribution in [3.8, 4) is 5.69 Å². The van der Waals surface area contributed by atoms with Gasteiger partial charge in [0.2, 0.25) is 5.91 Å². The molecule has 0 aliphatic rings. The van der Waals surface area contributed by atoms with Gasteiger partial charge in [-0.2, -0.15) is 0 Å². The average Bonchev–Trinajstić information content (AvgIpc) is 3.27. The van der Waals surface area contributed by atoms with Gasteiger partial charge in [0, 0.05) is 5.02 Å². The Labute approximate surface area is 190 Å². The third-order valence-electron chi connectivity index (χ3n) is 5.03. The van der Waals surface area contributed by atoms with Gasteiger partial charge in [-0.1, -0.05) is 90.1 Å². The molecule has 1 heterocycles. The molecule has 1 aromatic heterocycles. The van der Waals surface area contributed by atoms with Crippen LogP contribution in [0.2, 0.25) is 5.02 Å². The summed E-state index contributed by atoms with van der Waals surface area (Å²) in [4.78, 5) is 13.0. The van der Waals surface area contributed by atoms with Gasteiger partial charge in [-0.3, -0.25) is 9.36 Å². The van der Waals surface area contributed by atoms with E-state index in [1.807, 2.05) is 96.4 Å². The lowest BCUT2D eigenvalue weighted by molar-refractivity contribution is -0.120. The fourth-order valence-electron chi connectivity index (χ4n) is 3.42. The lowest BCUT2D eigenvalue weighted by Crippen LogP contribution is -2.45. The van der Waals surface area contributed by atoms with Crippen LogP contribution in [0, 0.1) is 0 Å². The summed E-state index contributed by atoms with van der Waals surface area (Å²) in [7, 11) is 0. The van der Waals surface area contributed by atoms with Crippen LogP contribution >= 0.6 is 23.4 Å². The van der Waals surface area contributed by atoms with E-state index in [2.05, 4.69) is 15.5 Å². The number of benzene rings is 3. The van der Waals surface area contributed by atoms with E-state index in [0.717, 1.165) is 16.8 Å².